The van der Waals surface area contributed by atoms with Crippen molar-refractivity contribution in [3.63, 3.8) is 0 Å². The maximum absolute atomic E-state index is 13.9. The number of amides is 1. The van der Waals surface area contributed by atoms with Crippen molar-refractivity contribution in [3.8, 4) is 0 Å². The average molecular weight is 323 g/mol. The van der Waals surface area contributed by atoms with Gasteiger partial charge in [-0.2, -0.15) is 0 Å². The molecule has 2 aliphatic heterocycles. The van der Waals surface area contributed by atoms with E-state index < -0.39 is 5.83 Å². The van der Waals surface area contributed by atoms with Crippen LogP contribution in [0.5, 0.6) is 0 Å². The number of benzene rings is 1. The van der Waals surface area contributed by atoms with Gasteiger partial charge in [-0.3, -0.25) is 9.79 Å². The van der Waals surface area contributed by atoms with Crippen molar-refractivity contribution in [2.24, 2.45) is 10.9 Å². The second-order valence-electron chi connectivity index (χ2n) is 6.21. The lowest BCUT2D eigenvalue weighted by molar-refractivity contribution is -0.117. The lowest BCUT2D eigenvalue weighted by atomic mass is 9.83. The first-order valence-corrected chi connectivity index (χ1v) is 8.10. The normalized spacial score (nSPS) is 22.3. The van der Waals surface area contributed by atoms with E-state index in [1.54, 1.807) is 0 Å². The van der Waals surface area contributed by atoms with Crippen LogP contribution in [0.15, 0.2) is 58.4 Å². The first kappa shape index (κ1) is 15.0. The first-order valence-electron chi connectivity index (χ1n) is 8.10. The SMILES string of the molecule is CNCc1ccc(C2=C3CCNC(=O)C4=CC(F)=CC(=N2)[C@H]43)cc1. The van der Waals surface area contributed by atoms with Gasteiger partial charge in [0.1, 0.15) is 5.83 Å². The van der Waals surface area contributed by atoms with Gasteiger partial charge in [0, 0.05) is 24.2 Å². The third-order valence-corrected chi connectivity index (χ3v) is 4.63. The maximum Gasteiger partial charge on any atom is 0.248 e. The lowest BCUT2D eigenvalue weighted by Gasteiger charge is -2.18. The van der Waals surface area contributed by atoms with Gasteiger partial charge >= 0.3 is 0 Å². The highest BCUT2D eigenvalue weighted by Gasteiger charge is 2.38. The van der Waals surface area contributed by atoms with Crippen LogP contribution in [-0.2, 0) is 11.3 Å². The summed E-state index contributed by atoms with van der Waals surface area (Å²) in [6, 6.07) is 8.21. The molecule has 0 spiro atoms. The third kappa shape index (κ3) is 2.41. The minimum absolute atomic E-state index is 0.198. The molecule has 2 N–H and O–H groups in total. The summed E-state index contributed by atoms with van der Waals surface area (Å²) in [7, 11) is 1.91. The Morgan fingerprint density at radius 2 is 2.08 bits per heavy atom. The molecule has 0 aromatic heterocycles. The van der Waals surface area contributed by atoms with E-state index in [4.69, 9.17) is 0 Å². The van der Waals surface area contributed by atoms with Gasteiger partial charge in [0.25, 0.3) is 0 Å². The van der Waals surface area contributed by atoms with E-state index in [2.05, 4.69) is 27.8 Å². The summed E-state index contributed by atoms with van der Waals surface area (Å²) >= 11 is 0. The molecule has 5 heteroatoms. The molecule has 1 fully saturated rings. The zero-order chi connectivity index (χ0) is 16.7. The van der Waals surface area contributed by atoms with Crippen molar-refractivity contribution in [1.29, 1.82) is 0 Å². The fourth-order valence-corrected chi connectivity index (χ4v) is 3.56. The highest BCUT2D eigenvalue weighted by Crippen LogP contribution is 2.42. The maximum atomic E-state index is 13.9. The molecule has 1 aliphatic carbocycles. The molecule has 4 rings (SSSR count). The van der Waals surface area contributed by atoms with Gasteiger partial charge in [-0.05, 0) is 36.8 Å². The summed E-state index contributed by atoms with van der Waals surface area (Å²) in [4.78, 5) is 16.9. The van der Waals surface area contributed by atoms with Crippen LogP contribution in [-0.4, -0.2) is 25.2 Å². The highest BCUT2D eigenvalue weighted by atomic mass is 19.1. The van der Waals surface area contributed by atoms with E-state index in [1.165, 1.54) is 17.7 Å². The number of hydrogen-bond donors (Lipinski definition) is 2. The van der Waals surface area contributed by atoms with Crippen molar-refractivity contribution >= 4 is 17.3 Å². The predicted molar refractivity (Wildman–Crippen MR) is 92.0 cm³/mol. The zero-order valence-corrected chi connectivity index (χ0v) is 13.4. The monoisotopic (exact) mass is 323 g/mol. The second-order valence-corrected chi connectivity index (χ2v) is 6.21. The molecular weight excluding hydrogens is 305 g/mol. The van der Waals surface area contributed by atoms with Gasteiger partial charge in [-0.1, -0.05) is 24.3 Å². The summed E-state index contributed by atoms with van der Waals surface area (Å²) in [5, 5.41) is 5.97. The molecule has 0 bridgehead atoms. The summed E-state index contributed by atoms with van der Waals surface area (Å²) in [5.74, 6) is -0.822. The molecule has 1 amide bonds. The van der Waals surface area contributed by atoms with Gasteiger partial charge in [-0.15, -0.1) is 0 Å². The number of aliphatic imine (C=N–C) groups is 1. The molecular formula is C19H18FN3O. The second kappa shape index (κ2) is 5.83. The number of carbonyl (C=O) groups is 1. The summed E-state index contributed by atoms with van der Waals surface area (Å²) < 4.78 is 13.9. The van der Waals surface area contributed by atoms with Crippen LogP contribution in [0.3, 0.4) is 0 Å². The van der Waals surface area contributed by atoms with Gasteiger partial charge in [-0.25, -0.2) is 4.39 Å². The third-order valence-electron chi connectivity index (χ3n) is 4.63. The highest BCUT2D eigenvalue weighted by molar-refractivity contribution is 6.15. The van der Waals surface area contributed by atoms with Gasteiger partial charge in [0.2, 0.25) is 5.91 Å². The average Bonchev–Trinajstić information content (AvgIpc) is 2.84. The molecule has 122 valence electrons. The molecule has 1 saturated heterocycles. The zero-order valence-electron chi connectivity index (χ0n) is 13.4. The van der Waals surface area contributed by atoms with Gasteiger partial charge < -0.3 is 10.6 Å². The smallest absolute Gasteiger partial charge is 0.248 e. The van der Waals surface area contributed by atoms with E-state index in [-0.39, 0.29) is 11.8 Å². The molecule has 4 nitrogen and oxygen atoms in total. The Morgan fingerprint density at radius 1 is 1.29 bits per heavy atom. The topological polar surface area (TPSA) is 53.5 Å². The number of halogens is 1. The molecule has 0 unspecified atom stereocenters. The van der Waals surface area contributed by atoms with Crippen LogP contribution in [0, 0.1) is 5.92 Å². The minimum atomic E-state index is -0.415. The van der Waals surface area contributed by atoms with E-state index in [0.29, 0.717) is 17.8 Å². The van der Waals surface area contributed by atoms with Crippen molar-refractivity contribution in [2.75, 3.05) is 13.6 Å². The molecule has 24 heavy (non-hydrogen) atoms. The molecule has 0 radical (unpaired) electrons. The predicted octanol–water partition coefficient (Wildman–Crippen LogP) is 2.50. The lowest BCUT2D eigenvalue weighted by Crippen LogP contribution is -2.28. The largest absolute Gasteiger partial charge is 0.352 e. The van der Waals surface area contributed by atoms with Crippen molar-refractivity contribution in [2.45, 2.75) is 13.0 Å². The van der Waals surface area contributed by atoms with Crippen LogP contribution >= 0.6 is 0 Å². The summed E-state index contributed by atoms with van der Waals surface area (Å²) in [6.45, 7) is 1.36. The molecule has 0 saturated carbocycles. The van der Waals surface area contributed by atoms with Crippen LogP contribution in [0.4, 0.5) is 4.39 Å². The van der Waals surface area contributed by atoms with E-state index in [0.717, 1.165) is 29.8 Å². The van der Waals surface area contributed by atoms with Crippen molar-refractivity contribution in [1.82, 2.24) is 10.6 Å². The number of nitrogens with zero attached hydrogens (tertiary/aromatic N) is 1. The van der Waals surface area contributed by atoms with Gasteiger partial charge in [0.15, 0.2) is 0 Å². The Kier molecular flexibility index (Phi) is 3.65. The Bertz CT molecular complexity index is 831. The fourth-order valence-electron chi connectivity index (χ4n) is 3.56. The van der Waals surface area contributed by atoms with Crippen molar-refractivity contribution in [3.05, 3.63) is 64.5 Å². The first-order chi connectivity index (χ1) is 11.7. The van der Waals surface area contributed by atoms with Crippen LogP contribution in [0.25, 0.3) is 5.70 Å². The number of nitrogens with one attached hydrogen (secondary N) is 2. The number of carbonyl (C=O) groups excluding carboxylic acids is 1. The number of rotatable bonds is 3. The Balaban J connectivity index is 1.80. The van der Waals surface area contributed by atoms with Crippen molar-refractivity contribution < 1.29 is 9.18 Å². The quantitative estimate of drug-likeness (QED) is 0.898. The fraction of sp³-hybridized carbons (Fsp3) is 0.263. The van der Waals surface area contributed by atoms with E-state index in [1.807, 2.05) is 19.2 Å². The van der Waals surface area contributed by atoms with Crippen LogP contribution < -0.4 is 10.6 Å². The number of allylic oxidation sites excluding steroid dienone is 3. The molecule has 1 aromatic rings. The summed E-state index contributed by atoms with van der Waals surface area (Å²) in [6.07, 6.45) is 3.50. The van der Waals surface area contributed by atoms with E-state index in [9.17, 15) is 9.18 Å². The Labute approximate surface area is 139 Å². The number of hydrogen-bond acceptors (Lipinski definition) is 3. The van der Waals surface area contributed by atoms with Crippen LogP contribution in [0.1, 0.15) is 17.5 Å². The Hall–Kier alpha value is -2.53. The van der Waals surface area contributed by atoms with E-state index >= 15 is 0 Å². The molecule has 1 atom stereocenters. The minimum Gasteiger partial charge on any atom is -0.352 e. The Morgan fingerprint density at radius 3 is 2.83 bits per heavy atom. The standard InChI is InChI=1S/C19H18FN3O/c1-21-10-11-2-4-12(5-3-11)18-14-6-7-22-19(24)15-8-13(20)9-16(23-18)17(14)15/h2-5,8-9,17,21H,6-7,10H2,1H3,(H,22,24)/t17-/m0/s1. The van der Waals surface area contributed by atoms with Gasteiger partial charge in [0.05, 0.1) is 17.3 Å². The summed E-state index contributed by atoms with van der Waals surface area (Å²) in [5.41, 5.74) is 5.27. The van der Waals surface area contributed by atoms with Crippen LogP contribution in [0.2, 0.25) is 0 Å². The molecule has 1 aromatic carbocycles. The molecule has 3 aliphatic rings. The molecule has 2 heterocycles.